The molecule has 7 heteroatoms. The van der Waals surface area contributed by atoms with Crippen LogP contribution in [0.2, 0.25) is 0 Å². The first-order valence-electron chi connectivity index (χ1n) is 5.98. The lowest BCUT2D eigenvalue weighted by atomic mass is 10.2. The molecule has 0 amide bonds. The fourth-order valence-electron chi connectivity index (χ4n) is 1.72. The summed E-state index contributed by atoms with van der Waals surface area (Å²) in [6.07, 6.45) is 0. The molecule has 3 N–H and O–H groups in total. The third kappa shape index (κ3) is 3.59. The second-order valence-electron chi connectivity index (χ2n) is 4.29. The molecule has 0 radical (unpaired) electrons. The number of nitrogens with one attached hydrogen (secondary N) is 1. The van der Waals surface area contributed by atoms with Crippen LogP contribution in [-0.2, 0) is 16.6 Å². The van der Waals surface area contributed by atoms with Crippen molar-refractivity contribution in [1.82, 2.24) is 0 Å². The van der Waals surface area contributed by atoms with Crippen molar-refractivity contribution in [3.8, 4) is 0 Å². The lowest BCUT2D eigenvalue weighted by Crippen LogP contribution is -2.13. The number of aliphatic hydroxyl groups is 1. The summed E-state index contributed by atoms with van der Waals surface area (Å²) in [5, 5.41) is 17.8. The molecule has 2 aromatic carbocycles. The largest absolute Gasteiger partial charge is 0.478 e. The predicted molar refractivity (Wildman–Crippen MR) is 76.6 cm³/mol. The topological polar surface area (TPSA) is 104 Å². The van der Waals surface area contributed by atoms with Gasteiger partial charge in [0.1, 0.15) is 0 Å². The molecule has 0 spiro atoms. The van der Waals surface area contributed by atoms with Gasteiger partial charge >= 0.3 is 5.97 Å². The van der Waals surface area contributed by atoms with E-state index in [2.05, 4.69) is 4.72 Å². The van der Waals surface area contributed by atoms with Crippen molar-refractivity contribution >= 4 is 21.7 Å². The van der Waals surface area contributed by atoms with Gasteiger partial charge in [0.25, 0.3) is 10.0 Å². The van der Waals surface area contributed by atoms with Gasteiger partial charge in [-0.25, -0.2) is 13.2 Å². The molecule has 110 valence electrons. The zero-order chi connectivity index (χ0) is 15.5. The molecule has 0 aliphatic heterocycles. The van der Waals surface area contributed by atoms with E-state index in [1.54, 1.807) is 18.2 Å². The molecule has 0 aromatic heterocycles. The Hall–Kier alpha value is -2.38. The highest BCUT2D eigenvalue weighted by Gasteiger charge is 2.15. The van der Waals surface area contributed by atoms with E-state index in [0.717, 1.165) is 0 Å². The second-order valence-corrected chi connectivity index (χ2v) is 5.98. The van der Waals surface area contributed by atoms with Crippen molar-refractivity contribution in [2.75, 3.05) is 4.72 Å². The minimum atomic E-state index is -3.81. The summed E-state index contributed by atoms with van der Waals surface area (Å²) in [7, 11) is -3.81. The molecule has 0 fully saturated rings. The van der Waals surface area contributed by atoms with Gasteiger partial charge in [-0.2, -0.15) is 0 Å². The SMILES string of the molecule is O=C(O)c1ccc(S(=O)(=O)Nc2cccc(CO)c2)cc1. The van der Waals surface area contributed by atoms with Crippen LogP contribution in [0.1, 0.15) is 15.9 Å². The van der Waals surface area contributed by atoms with Crippen molar-refractivity contribution in [3.63, 3.8) is 0 Å². The molecule has 2 rings (SSSR count). The minimum Gasteiger partial charge on any atom is -0.478 e. The van der Waals surface area contributed by atoms with E-state index < -0.39 is 16.0 Å². The number of carboxylic acids is 1. The molecule has 0 bridgehead atoms. The minimum absolute atomic E-state index is 0.0104. The van der Waals surface area contributed by atoms with Crippen molar-refractivity contribution in [1.29, 1.82) is 0 Å². The summed E-state index contributed by atoms with van der Waals surface area (Å²) in [6, 6.07) is 11.3. The Labute approximate surface area is 121 Å². The van der Waals surface area contributed by atoms with Crippen LogP contribution < -0.4 is 4.72 Å². The highest BCUT2D eigenvalue weighted by atomic mass is 32.2. The van der Waals surface area contributed by atoms with Gasteiger partial charge in [-0.3, -0.25) is 4.72 Å². The van der Waals surface area contributed by atoms with Crippen LogP contribution in [-0.4, -0.2) is 24.6 Å². The second kappa shape index (κ2) is 5.94. The van der Waals surface area contributed by atoms with Crippen LogP contribution >= 0.6 is 0 Å². The number of anilines is 1. The summed E-state index contributed by atoms with van der Waals surface area (Å²) in [5.41, 5.74) is 0.913. The molecule has 0 saturated carbocycles. The van der Waals surface area contributed by atoms with Crippen LogP contribution in [0.15, 0.2) is 53.4 Å². The zero-order valence-electron chi connectivity index (χ0n) is 10.9. The highest BCUT2D eigenvalue weighted by Crippen LogP contribution is 2.18. The molecule has 21 heavy (non-hydrogen) atoms. The van der Waals surface area contributed by atoms with Crippen molar-refractivity contribution < 1.29 is 23.4 Å². The van der Waals surface area contributed by atoms with E-state index in [1.807, 2.05) is 0 Å². The lowest BCUT2D eigenvalue weighted by Gasteiger charge is -2.09. The van der Waals surface area contributed by atoms with E-state index >= 15 is 0 Å². The third-order valence-corrected chi connectivity index (χ3v) is 4.17. The summed E-state index contributed by atoms with van der Waals surface area (Å²) in [5.74, 6) is -1.12. The summed E-state index contributed by atoms with van der Waals surface area (Å²) >= 11 is 0. The van der Waals surface area contributed by atoms with Crippen LogP contribution in [0.25, 0.3) is 0 Å². The number of carbonyl (C=O) groups is 1. The maximum Gasteiger partial charge on any atom is 0.335 e. The molecule has 0 saturated heterocycles. The number of carboxylic acid groups (broad SMARTS) is 1. The summed E-state index contributed by atoms with van der Waals surface area (Å²) < 4.78 is 26.7. The lowest BCUT2D eigenvalue weighted by molar-refractivity contribution is 0.0696. The molecule has 0 aliphatic carbocycles. The summed E-state index contributed by atoms with van der Waals surface area (Å²) in [6.45, 7) is -0.192. The highest BCUT2D eigenvalue weighted by molar-refractivity contribution is 7.92. The van der Waals surface area contributed by atoms with Crippen LogP contribution in [0.3, 0.4) is 0 Å². The quantitative estimate of drug-likeness (QED) is 0.779. The first-order chi connectivity index (χ1) is 9.92. The van der Waals surface area contributed by atoms with Crippen LogP contribution in [0, 0.1) is 0 Å². The Balaban J connectivity index is 2.27. The number of aliphatic hydroxyl groups excluding tert-OH is 1. The van der Waals surface area contributed by atoms with E-state index in [1.165, 1.54) is 30.3 Å². The van der Waals surface area contributed by atoms with E-state index in [-0.39, 0.29) is 17.1 Å². The Morgan fingerprint density at radius 3 is 2.33 bits per heavy atom. The van der Waals surface area contributed by atoms with Crippen molar-refractivity contribution in [2.45, 2.75) is 11.5 Å². The van der Waals surface area contributed by atoms with Gasteiger partial charge in [0.05, 0.1) is 17.1 Å². The molecule has 2 aromatic rings. The molecule has 0 aliphatic rings. The third-order valence-electron chi connectivity index (χ3n) is 2.77. The first-order valence-corrected chi connectivity index (χ1v) is 7.46. The number of benzene rings is 2. The Bertz CT molecular complexity index is 753. The van der Waals surface area contributed by atoms with Crippen molar-refractivity contribution in [2.24, 2.45) is 0 Å². The monoisotopic (exact) mass is 307 g/mol. The normalized spacial score (nSPS) is 11.1. The smallest absolute Gasteiger partial charge is 0.335 e. The molecular weight excluding hydrogens is 294 g/mol. The fourth-order valence-corrected chi connectivity index (χ4v) is 2.77. The Morgan fingerprint density at radius 1 is 1.10 bits per heavy atom. The van der Waals surface area contributed by atoms with Gasteiger partial charge in [0, 0.05) is 5.69 Å². The zero-order valence-corrected chi connectivity index (χ0v) is 11.7. The number of aromatic carboxylic acids is 1. The maximum absolute atomic E-state index is 12.2. The van der Waals surface area contributed by atoms with Gasteiger partial charge in [0.2, 0.25) is 0 Å². The number of rotatable bonds is 5. The van der Waals surface area contributed by atoms with Crippen LogP contribution in [0.5, 0.6) is 0 Å². The Kier molecular flexibility index (Phi) is 4.25. The number of hydrogen-bond donors (Lipinski definition) is 3. The van der Waals surface area contributed by atoms with Gasteiger partial charge in [-0.05, 0) is 42.0 Å². The summed E-state index contributed by atoms with van der Waals surface area (Å²) in [4.78, 5) is 10.7. The van der Waals surface area contributed by atoms with Crippen molar-refractivity contribution in [3.05, 3.63) is 59.7 Å². The van der Waals surface area contributed by atoms with Gasteiger partial charge in [0.15, 0.2) is 0 Å². The van der Waals surface area contributed by atoms with Gasteiger partial charge in [-0.1, -0.05) is 12.1 Å². The molecule has 0 heterocycles. The number of hydrogen-bond acceptors (Lipinski definition) is 4. The van der Waals surface area contributed by atoms with E-state index in [0.29, 0.717) is 11.3 Å². The number of sulfonamides is 1. The molecule has 0 unspecified atom stereocenters. The van der Waals surface area contributed by atoms with E-state index in [9.17, 15) is 13.2 Å². The predicted octanol–water partition coefficient (Wildman–Crippen LogP) is 1.68. The average molecular weight is 307 g/mol. The van der Waals surface area contributed by atoms with Gasteiger partial charge < -0.3 is 10.2 Å². The molecule has 6 nitrogen and oxygen atoms in total. The molecule has 0 atom stereocenters. The fraction of sp³-hybridized carbons (Fsp3) is 0.0714. The Morgan fingerprint density at radius 2 is 1.76 bits per heavy atom. The van der Waals surface area contributed by atoms with E-state index in [4.69, 9.17) is 10.2 Å². The first kappa shape index (κ1) is 15.0. The van der Waals surface area contributed by atoms with Gasteiger partial charge in [-0.15, -0.1) is 0 Å². The standard InChI is InChI=1S/C14H13NO5S/c16-9-10-2-1-3-12(8-10)15-21(19,20)13-6-4-11(5-7-13)14(17)18/h1-8,15-16H,9H2,(H,17,18). The molecular formula is C14H13NO5S. The average Bonchev–Trinajstić information content (AvgIpc) is 2.47. The maximum atomic E-state index is 12.2. The van der Waals surface area contributed by atoms with Crippen LogP contribution in [0.4, 0.5) is 5.69 Å².